The predicted octanol–water partition coefficient (Wildman–Crippen LogP) is 5.95. The van der Waals surface area contributed by atoms with Crippen LogP contribution in [0.4, 0.5) is 14.9 Å². The molecule has 0 radical (unpaired) electrons. The lowest BCUT2D eigenvalue weighted by molar-refractivity contribution is -0.136. The molecule has 3 amide bonds. The number of halogens is 2. The number of imide groups is 1. The molecule has 0 aromatic heterocycles. The molecule has 0 aliphatic carbocycles. The second-order valence-electron chi connectivity index (χ2n) is 9.64. The fraction of sp³-hybridized carbons (Fsp3) is 0.258. The van der Waals surface area contributed by atoms with Gasteiger partial charge in [0, 0.05) is 36.3 Å². The monoisotopic (exact) mass is 653 g/mol. The molecule has 0 saturated carbocycles. The van der Waals surface area contributed by atoms with Crippen molar-refractivity contribution in [1.29, 1.82) is 0 Å². The molecule has 2 heterocycles. The number of rotatable bonds is 9. The van der Waals surface area contributed by atoms with Gasteiger partial charge in [-0.2, -0.15) is 0 Å². The molecule has 0 unspecified atom stereocenters. The number of ether oxygens (including phenoxy) is 2. The van der Waals surface area contributed by atoms with E-state index in [4.69, 9.17) is 9.47 Å². The van der Waals surface area contributed by atoms with E-state index in [2.05, 4.69) is 20.8 Å². The summed E-state index contributed by atoms with van der Waals surface area (Å²) in [6, 6.07) is 19.6. The standard InChI is InChI=1S/C31H29BrFN3O5S/c1-2-40-26-16-22(25(32)18-27(26)41-20-21-7-6-8-23(33)15-21)17-28-30(38)36(31(39)42-28)19-29(37)35-13-11-34(12-14-35)24-9-4-3-5-10-24/h3-10,15-18H,2,11-14,19-20H2,1H3/b28-17+. The first kappa shape index (κ1) is 29.7. The van der Waals surface area contributed by atoms with Crippen molar-refractivity contribution in [3.8, 4) is 11.5 Å². The number of hydrogen-bond donors (Lipinski definition) is 0. The van der Waals surface area contributed by atoms with Crippen LogP contribution in [0.1, 0.15) is 18.1 Å². The van der Waals surface area contributed by atoms with E-state index in [1.807, 2.05) is 37.3 Å². The van der Waals surface area contributed by atoms with E-state index in [0.717, 1.165) is 22.3 Å². The number of nitrogens with zero attached hydrogens (tertiary/aromatic N) is 3. The molecular formula is C31H29BrFN3O5S. The summed E-state index contributed by atoms with van der Waals surface area (Å²) < 4.78 is 25.8. The average molecular weight is 655 g/mol. The fourth-order valence-electron chi connectivity index (χ4n) is 4.70. The molecule has 218 valence electrons. The van der Waals surface area contributed by atoms with E-state index in [1.165, 1.54) is 12.1 Å². The second kappa shape index (κ2) is 13.4. The average Bonchev–Trinajstić information content (AvgIpc) is 3.25. The van der Waals surface area contributed by atoms with Crippen LogP contribution in [0.3, 0.4) is 0 Å². The normalized spacial score (nSPS) is 16.4. The van der Waals surface area contributed by atoms with Crippen LogP contribution in [-0.2, 0) is 16.2 Å². The Morgan fingerprint density at radius 3 is 2.43 bits per heavy atom. The number of benzene rings is 3. The van der Waals surface area contributed by atoms with Crippen molar-refractivity contribution in [1.82, 2.24) is 9.80 Å². The van der Waals surface area contributed by atoms with E-state index in [-0.39, 0.29) is 29.8 Å². The van der Waals surface area contributed by atoms with Crippen LogP contribution in [0, 0.1) is 5.82 Å². The van der Waals surface area contributed by atoms with Crippen LogP contribution in [0.5, 0.6) is 11.5 Å². The maximum atomic E-state index is 13.6. The van der Waals surface area contributed by atoms with Gasteiger partial charge in [0.15, 0.2) is 11.5 Å². The first-order valence-electron chi connectivity index (χ1n) is 13.5. The van der Waals surface area contributed by atoms with Crippen LogP contribution in [-0.4, -0.2) is 66.2 Å². The van der Waals surface area contributed by atoms with Crippen LogP contribution < -0.4 is 14.4 Å². The van der Waals surface area contributed by atoms with Gasteiger partial charge >= 0.3 is 0 Å². The molecule has 5 rings (SSSR count). The van der Waals surface area contributed by atoms with Crippen molar-refractivity contribution in [2.75, 3.05) is 44.2 Å². The molecule has 0 N–H and O–H groups in total. The Labute approximate surface area is 256 Å². The summed E-state index contributed by atoms with van der Waals surface area (Å²) in [5.41, 5.74) is 2.37. The highest BCUT2D eigenvalue weighted by molar-refractivity contribution is 9.10. The minimum atomic E-state index is -0.516. The Morgan fingerprint density at radius 1 is 0.976 bits per heavy atom. The van der Waals surface area contributed by atoms with Gasteiger partial charge in [-0.25, -0.2) is 4.39 Å². The number of para-hydroxylation sites is 1. The highest BCUT2D eigenvalue weighted by atomic mass is 79.9. The molecule has 3 aromatic carbocycles. The zero-order chi connectivity index (χ0) is 29.6. The third kappa shape index (κ3) is 6.96. The molecule has 2 aliphatic rings. The zero-order valence-electron chi connectivity index (χ0n) is 22.9. The van der Waals surface area contributed by atoms with Gasteiger partial charge < -0.3 is 19.3 Å². The van der Waals surface area contributed by atoms with Gasteiger partial charge in [0.1, 0.15) is 19.0 Å². The molecule has 2 aliphatic heterocycles. The van der Waals surface area contributed by atoms with Gasteiger partial charge in [0.2, 0.25) is 5.91 Å². The van der Waals surface area contributed by atoms with Gasteiger partial charge in [-0.05, 0) is 72.3 Å². The third-order valence-corrected chi connectivity index (χ3v) is 8.45. The van der Waals surface area contributed by atoms with Crippen molar-refractivity contribution in [2.24, 2.45) is 0 Å². The van der Waals surface area contributed by atoms with Gasteiger partial charge in [-0.15, -0.1) is 0 Å². The molecule has 0 spiro atoms. The minimum absolute atomic E-state index is 0.137. The van der Waals surface area contributed by atoms with Gasteiger partial charge in [0.05, 0.1) is 11.5 Å². The van der Waals surface area contributed by atoms with Crippen molar-refractivity contribution < 1.29 is 28.2 Å². The Morgan fingerprint density at radius 2 is 1.71 bits per heavy atom. The van der Waals surface area contributed by atoms with E-state index < -0.39 is 11.1 Å². The summed E-state index contributed by atoms with van der Waals surface area (Å²) in [6.07, 6.45) is 1.59. The Balaban J connectivity index is 1.24. The van der Waals surface area contributed by atoms with Crippen LogP contribution in [0.15, 0.2) is 76.1 Å². The number of carbonyl (C=O) groups excluding carboxylic acids is 3. The lowest BCUT2D eigenvalue weighted by Gasteiger charge is -2.36. The minimum Gasteiger partial charge on any atom is -0.490 e. The van der Waals surface area contributed by atoms with E-state index in [9.17, 15) is 18.8 Å². The number of hydrogen-bond acceptors (Lipinski definition) is 7. The molecule has 0 bridgehead atoms. The van der Waals surface area contributed by atoms with Crippen molar-refractivity contribution in [3.05, 3.63) is 93.1 Å². The Kier molecular flexibility index (Phi) is 9.48. The van der Waals surface area contributed by atoms with E-state index in [0.29, 0.717) is 59.9 Å². The fourth-order valence-corrected chi connectivity index (χ4v) is 5.96. The highest BCUT2D eigenvalue weighted by Crippen LogP contribution is 2.38. The van der Waals surface area contributed by atoms with Crippen molar-refractivity contribution >= 4 is 56.5 Å². The number of piperazine rings is 1. The molecule has 42 heavy (non-hydrogen) atoms. The van der Waals surface area contributed by atoms with Crippen molar-refractivity contribution in [2.45, 2.75) is 13.5 Å². The number of amides is 3. The van der Waals surface area contributed by atoms with E-state index >= 15 is 0 Å². The van der Waals surface area contributed by atoms with Gasteiger partial charge in [-0.3, -0.25) is 19.3 Å². The summed E-state index contributed by atoms with van der Waals surface area (Å²) in [5, 5.41) is -0.487. The van der Waals surface area contributed by atoms with Crippen molar-refractivity contribution in [3.63, 3.8) is 0 Å². The SMILES string of the molecule is CCOc1cc(/C=C2/SC(=O)N(CC(=O)N3CCN(c4ccccc4)CC3)C2=O)c(Br)cc1OCc1cccc(F)c1. The molecule has 11 heteroatoms. The summed E-state index contributed by atoms with van der Waals surface area (Å²) in [4.78, 5) is 44.1. The number of anilines is 1. The van der Waals surface area contributed by atoms with Crippen LogP contribution in [0.2, 0.25) is 0 Å². The summed E-state index contributed by atoms with van der Waals surface area (Å²) in [5.74, 6) is -0.244. The molecule has 8 nitrogen and oxygen atoms in total. The van der Waals surface area contributed by atoms with Gasteiger partial charge in [-0.1, -0.05) is 46.3 Å². The molecule has 2 fully saturated rings. The van der Waals surface area contributed by atoms with E-state index in [1.54, 1.807) is 35.2 Å². The second-order valence-corrected chi connectivity index (χ2v) is 11.5. The largest absolute Gasteiger partial charge is 0.490 e. The summed E-state index contributed by atoms with van der Waals surface area (Å²) in [7, 11) is 0. The Bertz CT molecular complexity index is 1510. The quantitative estimate of drug-likeness (QED) is 0.264. The summed E-state index contributed by atoms with van der Waals surface area (Å²) >= 11 is 4.31. The molecular weight excluding hydrogens is 625 g/mol. The zero-order valence-corrected chi connectivity index (χ0v) is 25.3. The first-order valence-corrected chi connectivity index (χ1v) is 15.1. The maximum Gasteiger partial charge on any atom is 0.294 e. The van der Waals surface area contributed by atoms with Crippen LogP contribution >= 0.6 is 27.7 Å². The third-order valence-electron chi connectivity index (χ3n) is 6.85. The summed E-state index contributed by atoms with van der Waals surface area (Å²) in [6.45, 7) is 4.42. The number of carbonyl (C=O) groups is 3. The first-order chi connectivity index (χ1) is 20.3. The van der Waals surface area contributed by atoms with Crippen LogP contribution in [0.25, 0.3) is 6.08 Å². The smallest absolute Gasteiger partial charge is 0.294 e. The molecule has 0 atom stereocenters. The lowest BCUT2D eigenvalue weighted by atomic mass is 10.1. The highest BCUT2D eigenvalue weighted by Gasteiger charge is 2.37. The number of thioether (sulfide) groups is 1. The topological polar surface area (TPSA) is 79.4 Å². The predicted molar refractivity (Wildman–Crippen MR) is 164 cm³/mol. The Hall–Kier alpha value is -3.83. The molecule has 3 aromatic rings. The maximum absolute atomic E-state index is 13.6. The lowest BCUT2D eigenvalue weighted by Crippen LogP contribution is -2.51. The molecule has 2 saturated heterocycles. The van der Waals surface area contributed by atoms with Gasteiger partial charge in [0.25, 0.3) is 11.1 Å².